The maximum absolute atomic E-state index is 14.7. The second-order valence-corrected chi connectivity index (χ2v) is 13.0. The number of amides is 1. The lowest BCUT2D eigenvalue weighted by Crippen LogP contribution is -3.00. The van der Waals surface area contributed by atoms with Gasteiger partial charge in [-0.2, -0.15) is 0 Å². The number of quaternary nitrogens is 1. The van der Waals surface area contributed by atoms with Crippen LogP contribution in [0.2, 0.25) is 0 Å². The van der Waals surface area contributed by atoms with Crippen molar-refractivity contribution in [2.45, 2.75) is 101 Å². The van der Waals surface area contributed by atoms with Crippen LogP contribution in [0.15, 0.2) is 48.5 Å². The van der Waals surface area contributed by atoms with Crippen molar-refractivity contribution in [1.82, 2.24) is 4.90 Å². The summed E-state index contributed by atoms with van der Waals surface area (Å²) in [5, 5.41) is 2.44. The summed E-state index contributed by atoms with van der Waals surface area (Å²) in [6, 6.07) is 18.2. The number of ether oxygens (including phenoxy) is 1. The Morgan fingerprint density at radius 1 is 0.923 bits per heavy atom. The molecule has 1 spiro atoms. The lowest BCUT2D eigenvalue weighted by atomic mass is 9.63. The Hall–Kier alpha value is -2.04. The van der Waals surface area contributed by atoms with Crippen LogP contribution in [0.5, 0.6) is 5.75 Å². The summed E-state index contributed by atoms with van der Waals surface area (Å²) in [6.07, 6.45) is 15.0. The first kappa shape index (κ1) is 27.1. The van der Waals surface area contributed by atoms with E-state index in [1.165, 1.54) is 61.6 Å². The topological polar surface area (TPSA) is 46.1 Å². The molecule has 0 bridgehead atoms. The number of piperidine rings is 1. The molecule has 2 aliphatic heterocycles. The molecule has 0 aromatic heterocycles. The van der Waals surface area contributed by atoms with Crippen LogP contribution in [0.3, 0.4) is 0 Å². The van der Waals surface area contributed by atoms with Crippen molar-refractivity contribution in [3.8, 4) is 5.75 Å². The molecule has 5 heteroatoms. The van der Waals surface area contributed by atoms with Gasteiger partial charge in [0.05, 0.1) is 24.6 Å². The first-order valence-electron chi connectivity index (χ1n) is 15.7. The van der Waals surface area contributed by atoms with Crippen molar-refractivity contribution in [3.05, 3.63) is 65.2 Å². The molecule has 2 heterocycles. The third kappa shape index (κ3) is 5.12. The highest BCUT2D eigenvalue weighted by atomic mass is 35.5. The lowest BCUT2D eigenvalue weighted by Gasteiger charge is -2.47. The number of benzene rings is 2. The van der Waals surface area contributed by atoms with E-state index < -0.39 is 0 Å². The number of hydrogen-bond donors (Lipinski definition) is 1. The average molecular weight is 549 g/mol. The molecule has 4 fully saturated rings. The Balaban J connectivity index is 0.00000277. The molecular formula is C34H45ClN2O2. The van der Waals surface area contributed by atoms with Crippen molar-refractivity contribution in [2.24, 2.45) is 11.8 Å². The van der Waals surface area contributed by atoms with Crippen LogP contribution in [0.25, 0.3) is 0 Å². The van der Waals surface area contributed by atoms with Gasteiger partial charge in [-0.3, -0.25) is 4.79 Å². The molecule has 4 nitrogen and oxygen atoms in total. The second kappa shape index (κ2) is 11.4. The van der Waals surface area contributed by atoms with Gasteiger partial charge < -0.3 is 27.4 Å². The van der Waals surface area contributed by atoms with Crippen LogP contribution in [-0.4, -0.2) is 42.6 Å². The minimum absolute atomic E-state index is 0. The van der Waals surface area contributed by atoms with Gasteiger partial charge in [-0.1, -0.05) is 61.7 Å². The molecule has 2 aromatic carbocycles. The molecule has 39 heavy (non-hydrogen) atoms. The predicted molar refractivity (Wildman–Crippen MR) is 150 cm³/mol. The van der Waals surface area contributed by atoms with Gasteiger partial charge >= 0.3 is 0 Å². The summed E-state index contributed by atoms with van der Waals surface area (Å²) < 4.78 is 6.38. The number of rotatable bonds is 5. The van der Waals surface area contributed by atoms with E-state index >= 15 is 0 Å². The lowest BCUT2D eigenvalue weighted by molar-refractivity contribution is -0.640. The molecule has 5 aliphatic rings. The number of nitrogens with zero attached hydrogens (tertiary/aromatic N) is 1. The first-order chi connectivity index (χ1) is 18.7. The number of nitrogens with two attached hydrogens (primary N) is 1. The molecule has 0 unspecified atom stereocenters. The third-order valence-electron chi connectivity index (χ3n) is 10.8. The highest BCUT2D eigenvalue weighted by Crippen LogP contribution is 2.48. The molecular weight excluding hydrogens is 504 g/mol. The van der Waals surface area contributed by atoms with Crippen molar-refractivity contribution in [1.29, 1.82) is 0 Å². The van der Waals surface area contributed by atoms with Crippen molar-refractivity contribution in [3.63, 3.8) is 0 Å². The molecule has 0 radical (unpaired) electrons. The van der Waals surface area contributed by atoms with Gasteiger partial charge in [0, 0.05) is 12.6 Å². The van der Waals surface area contributed by atoms with Crippen molar-refractivity contribution < 1.29 is 27.3 Å². The number of carbonyl (C=O) groups is 1. The number of fused-ring (bicyclic) bond motifs is 2. The molecule has 2 saturated carbocycles. The average Bonchev–Trinajstić information content (AvgIpc) is 3.71. The molecule has 2 N–H and O–H groups in total. The fourth-order valence-electron chi connectivity index (χ4n) is 8.73. The fourth-order valence-corrected chi connectivity index (χ4v) is 8.73. The predicted octanol–water partition coefficient (Wildman–Crippen LogP) is 2.35. The summed E-state index contributed by atoms with van der Waals surface area (Å²) in [6.45, 7) is 2.89. The molecule has 1 amide bonds. The highest BCUT2D eigenvalue weighted by Gasteiger charge is 2.55. The minimum atomic E-state index is -0.0407. The van der Waals surface area contributed by atoms with Gasteiger partial charge in [-0.15, -0.1) is 0 Å². The number of halogens is 1. The normalized spacial score (nSPS) is 31.0. The molecule has 2 saturated heterocycles. The molecule has 4 atom stereocenters. The maximum Gasteiger partial charge on any atom is 0.232 e. The van der Waals surface area contributed by atoms with E-state index in [9.17, 15) is 4.79 Å². The minimum Gasteiger partial charge on any atom is -1.00 e. The number of carbonyl (C=O) groups excluding carboxylic acids is 1. The second-order valence-electron chi connectivity index (χ2n) is 13.0. The van der Waals surface area contributed by atoms with Crippen molar-refractivity contribution in [2.75, 3.05) is 19.6 Å². The number of hydrogen-bond acceptors (Lipinski definition) is 2. The zero-order chi connectivity index (χ0) is 25.5. The summed E-state index contributed by atoms with van der Waals surface area (Å²) in [5.74, 6) is 2.89. The standard InChI is InChI=1S/C34H44N2O2.ClH/c37-33(36-20-18-26(24-9-3-1-4-10-24)21-31(36)25-11-5-2-6-12-25)30-22-35-23-34(30)19-8-13-28-29(34)14-7-15-32(28)38-27-16-17-27;/h1,3-4,7,9-10,14-15,25-27,30-31,35H,2,5-6,8,11-13,16-23H2;1H/t26-,30+,31+,34+;/m1./s1. The quantitative estimate of drug-likeness (QED) is 0.623. The summed E-state index contributed by atoms with van der Waals surface area (Å²) in [7, 11) is 0. The van der Waals surface area contributed by atoms with Crippen LogP contribution >= 0.6 is 0 Å². The Labute approximate surface area is 240 Å². The van der Waals surface area contributed by atoms with E-state index in [-0.39, 0.29) is 23.7 Å². The molecule has 3 aliphatic carbocycles. The van der Waals surface area contributed by atoms with Gasteiger partial charge in [-0.05, 0) is 92.4 Å². The maximum atomic E-state index is 14.7. The smallest absolute Gasteiger partial charge is 0.232 e. The van der Waals surface area contributed by atoms with E-state index in [4.69, 9.17) is 4.74 Å². The Morgan fingerprint density at radius 3 is 2.54 bits per heavy atom. The van der Waals surface area contributed by atoms with Crippen LogP contribution in [0.1, 0.15) is 93.2 Å². The van der Waals surface area contributed by atoms with E-state index in [0.717, 1.165) is 57.5 Å². The largest absolute Gasteiger partial charge is 1.00 e. The zero-order valence-electron chi connectivity index (χ0n) is 23.3. The summed E-state index contributed by atoms with van der Waals surface area (Å²) >= 11 is 0. The number of likely N-dealkylation sites (tertiary alicyclic amines) is 1. The first-order valence-corrected chi connectivity index (χ1v) is 15.7. The van der Waals surface area contributed by atoms with E-state index in [1.54, 1.807) is 0 Å². The Bertz CT molecular complexity index is 1150. The van der Waals surface area contributed by atoms with Crippen molar-refractivity contribution >= 4 is 5.91 Å². The summed E-state index contributed by atoms with van der Waals surface area (Å²) in [5.41, 5.74) is 4.27. The van der Waals surface area contributed by atoms with Crippen LogP contribution in [0, 0.1) is 11.8 Å². The fraction of sp³-hybridized carbons (Fsp3) is 0.618. The van der Waals surface area contributed by atoms with Crippen LogP contribution in [0.4, 0.5) is 0 Å². The molecule has 210 valence electrons. The monoisotopic (exact) mass is 548 g/mol. The van der Waals surface area contributed by atoms with Gasteiger partial charge in [0.25, 0.3) is 0 Å². The highest BCUT2D eigenvalue weighted by molar-refractivity contribution is 5.82. The Morgan fingerprint density at radius 2 is 1.74 bits per heavy atom. The molecule has 2 aromatic rings. The van der Waals surface area contributed by atoms with Gasteiger partial charge in [0.2, 0.25) is 5.91 Å². The van der Waals surface area contributed by atoms with Gasteiger partial charge in [0.1, 0.15) is 11.7 Å². The third-order valence-corrected chi connectivity index (χ3v) is 10.8. The van der Waals surface area contributed by atoms with Gasteiger partial charge in [0.15, 0.2) is 0 Å². The molecule has 7 rings (SSSR count). The zero-order valence-corrected chi connectivity index (χ0v) is 24.1. The summed E-state index contributed by atoms with van der Waals surface area (Å²) in [4.78, 5) is 17.1. The van der Waals surface area contributed by atoms with E-state index in [2.05, 4.69) is 58.7 Å². The van der Waals surface area contributed by atoms with E-state index in [0.29, 0.717) is 29.9 Å². The SMILES string of the molecule is O=C([C@@H]1C[NH2+]C[C@]12CCCc1c(OC3CC3)cccc12)N1CC[C@@H](c2ccccc2)C[C@H]1C1CCCCC1.[Cl-]. The Kier molecular flexibility index (Phi) is 7.97. The van der Waals surface area contributed by atoms with E-state index in [1.807, 2.05) is 0 Å². The van der Waals surface area contributed by atoms with Crippen LogP contribution < -0.4 is 22.5 Å². The van der Waals surface area contributed by atoms with Crippen LogP contribution in [-0.2, 0) is 16.6 Å². The van der Waals surface area contributed by atoms with Gasteiger partial charge in [-0.25, -0.2) is 0 Å².